The van der Waals surface area contributed by atoms with Crippen LogP contribution < -0.4 is 10.6 Å². The molecule has 4 aliphatic rings. The summed E-state index contributed by atoms with van der Waals surface area (Å²) < 4.78 is 2.15. The molecule has 2 N–H and O–H groups in total. The van der Waals surface area contributed by atoms with E-state index in [1.54, 1.807) is 11.3 Å². The lowest BCUT2D eigenvalue weighted by Gasteiger charge is -2.33. The molecule has 2 atom stereocenters. The van der Waals surface area contributed by atoms with E-state index in [1.165, 1.54) is 42.5 Å². The Balaban J connectivity index is 1.39. The zero-order chi connectivity index (χ0) is 23.1. The first-order chi connectivity index (χ1) is 16.7. The lowest BCUT2D eigenvalue weighted by atomic mass is 9.94. The fourth-order valence-electron chi connectivity index (χ4n) is 6.50. The van der Waals surface area contributed by atoms with Crippen LogP contribution in [0.3, 0.4) is 0 Å². The number of amides is 2. The number of aromatic nitrogens is 1. The van der Waals surface area contributed by atoms with E-state index in [0.29, 0.717) is 12.6 Å². The molecule has 1 saturated carbocycles. The Hall–Kier alpha value is -2.12. The van der Waals surface area contributed by atoms with E-state index in [-0.39, 0.29) is 17.9 Å². The fourth-order valence-corrected chi connectivity index (χ4v) is 7.88. The van der Waals surface area contributed by atoms with Crippen LogP contribution in [0.1, 0.15) is 96.7 Å². The van der Waals surface area contributed by atoms with Gasteiger partial charge in [-0.05, 0) is 82.0 Å². The normalized spacial score (nSPS) is 24.9. The summed E-state index contributed by atoms with van der Waals surface area (Å²) in [6.45, 7) is 1.66. The van der Waals surface area contributed by atoms with Gasteiger partial charge >= 0.3 is 0 Å². The average molecular weight is 481 g/mol. The predicted molar refractivity (Wildman–Crippen MR) is 135 cm³/mol. The van der Waals surface area contributed by atoms with Crippen molar-refractivity contribution in [1.82, 2.24) is 20.1 Å². The number of hydrogen-bond acceptors (Lipinski definition) is 4. The lowest BCUT2D eigenvalue weighted by molar-refractivity contribution is -0.127. The van der Waals surface area contributed by atoms with Gasteiger partial charge in [-0.1, -0.05) is 19.3 Å². The van der Waals surface area contributed by atoms with E-state index in [4.69, 9.17) is 0 Å². The molecule has 4 heterocycles. The van der Waals surface area contributed by atoms with Gasteiger partial charge in [0.15, 0.2) is 6.04 Å². The summed E-state index contributed by atoms with van der Waals surface area (Å²) in [5.41, 5.74) is 3.04. The zero-order valence-corrected chi connectivity index (χ0v) is 20.8. The molecule has 0 spiro atoms. The molecule has 6 nitrogen and oxygen atoms in total. The molecule has 0 bridgehead atoms. The van der Waals surface area contributed by atoms with E-state index in [1.807, 2.05) is 23.2 Å². The van der Waals surface area contributed by atoms with Gasteiger partial charge in [0, 0.05) is 29.7 Å². The summed E-state index contributed by atoms with van der Waals surface area (Å²) in [6, 6.07) is 4.16. The van der Waals surface area contributed by atoms with E-state index in [2.05, 4.69) is 15.2 Å². The Morgan fingerprint density at radius 3 is 2.76 bits per heavy atom. The summed E-state index contributed by atoms with van der Waals surface area (Å²) >= 11 is 1.77. The maximum absolute atomic E-state index is 14.3. The lowest BCUT2D eigenvalue weighted by Crippen LogP contribution is -2.47. The third-order valence-electron chi connectivity index (χ3n) is 8.30. The SMILES string of the molecule is O=C(NC1CCCCC1)C1c2cccn2-c2sc3c(c2C(=O)N1CCC1CCCN1)CCCC3. The van der Waals surface area contributed by atoms with Gasteiger partial charge < -0.3 is 20.1 Å². The van der Waals surface area contributed by atoms with Gasteiger partial charge in [0.05, 0.1) is 11.3 Å². The van der Waals surface area contributed by atoms with Crippen molar-refractivity contribution in [2.75, 3.05) is 13.1 Å². The number of fused-ring (bicyclic) bond motifs is 5. The van der Waals surface area contributed by atoms with Crippen molar-refractivity contribution >= 4 is 23.2 Å². The van der Waals surface area contributed by atoms with Crippen LogP contribution in [-0.4, -0.2) is 46.5 Å². The number of nitrogens with zero attached hydrogens (tertiary/aromatic N) is 2. The van der Waals surface area contributed by atoms with E-state index >= 15 is 0 Å². The van der Waals surface area contributed by atoms with Gasteiger partial charge in [0.25, 0.3) is 5.91 Å². The zero-order valence-electron chi connectivity index (χ0n) is 20.0. The topological polar surface area (TPSA) is 66.4 Å². The molecule has 2 aromatic heterocycles. The van der Waals surface area contributed by atoms with Gasteiger partial charge in [-0.25, -0.2) is 0 Å². The third-order valence-corrected chi connectivity index (χ3v) is 9.59. The van der Waals surface area contributed by atoms with Crippen LogP contribution in [0.25, 0.3) is 5.00 Å². The second-order valence-electron chi connectivity index (χ2n) is 10.5. The molecule has 2 aromatic rings. The second kappa shape index (κ2) is 9.50. The molecule has 6 rings (SSSR count). The molecule has 2 fully saturated rings. The minimum atomic E-state index is -0.579. The van der Waals surface area contributed by atoms with Crippen LogP contribution in [0, 0.1) is 0 Å². The molecule has 2 unspecified atom stereocenters. The Labute approximate surface area is 206 Å². The highest BCUT2D eigenvalue weighted by Crippen LogP contribution is 2.42. The molecule has 2 aliphatic heterocycles. The smallest absolute Gasteiger partial charge is 0.258 e. The molecule has 1 saturated heterocycles. The fraction of sp³-hybridized carbons (Fsp3) is 0.630. The van der Waals surface area contributed by atoms with Crippen molar-refractivity contribution in [2.45, 2.75) is 95.2 Å². The molecule has 2 amide bonds. The Kier molecular flexibility index (Phi) is 6.24. The maximum Gasteiger partial charge on any atom is 0.258 e. The van der Waals surface area contributed by atoms with Gasteiger partial charge in [-0.2, -0.15) is 0 Å². The van der Waals surface area contributed by atoms with E-state index in [0.717, 1.165) is 67.7 Å². The average Bonchev–Trinajstić information content (AvgIpc) is 3.60. The molecule has 7 heteroatoms. The third kappa shape index (κ3) is 4.01. The standard InChI is InChI=1S/C27H36N4O2S/c32-25(29-19-8-2-1-3-9-19)24-21-12-7-16-30(21)27-23(20-11-4-5-13-22(20)34-27)26(33)31(24)17-14-18-10-6-15-28-18/h7,12,16,18-19,24,28H,1-6,8-11,13-15,17H2,(H,29,32). The molecule has 182 valence electrons. The Morgan fingerprint density at radius 2 is 1.94 bits per heavy atom. The molecular weight excluding hydrogens is 444 g/mol. The monoisotopic (exact) mass is 480 g/mol. The van der Waals surface area contributed by atoms with Crippen molar-refractivity contribution in [1.29, 1.82) is 0 Å². The van der Waals surface area contributed by atoms with Crippen LogP contribution >= 0.6 is 11.3 Å². The molecule has 0 radical (unpaired) electrons. The van der Waals surface area contributed by atoms with Crippen molar-refractivity contribution in [3.8, 4) is 5.00 Å². The number of nitrogens with one attached hydrogen (secondary N) is 2. The van der Waals surface area contributed by atoms with Gasteiger partial charge in [0.2, 0.25) is 5.91 Å². The molecule has 2 aliphatic carbocycles. The minimum absolute atomic E-state index is 0.0106. The summed E-state index contributed by atoms with van der Waals surface area (Å²) in [5, 5.41) is 7.94. The summed E-state index contributed by atoms with van der Waals surface area (Å²) in [5.74, 6) is 0.0449. The highest BCUT2D eigenvalue weighted by molar-refractivity contribution is 7.15. The van der Waals surface area contributed by atoms with Crippen LogP contribution in [0.2, 0.25) is 0 Å². The number of rotatable bonds is 5. The maximum atomic E-state index is 14.3. The van der Waals surface area contributed by atoms with Crippen LogP contribution in [0.15, 0.2) is 18.3 Å². The van der Waals surface area contributed by atoms with Crippen molar-refractivity contribution in [3.05, 3.63) is 40.0 Å². The van der Waals surface area contributed by atoms with Crippen LogP contribution in [-0.2, 0) is 17.6 Å². The van der Waals surface area contributed by atoms with E-state index in [9.17, 15) is 9.59 Å². The second-order valence-corrected chi connectivity index (χ2v) is 11.6. The first-order valence-electron chi connectivity index (χ1n) is 13.4. The number of carbonyl (C=O) groups is 2. The minimum Gasteiger partial charge on any atom is -0.351 e. The number of hydrogen-bond donors (Lipinski definition) is 2. The van der Waals surface area contributed by atoms with Crippen molar-refractivity contribution in [3.63, 3.8) is 0 Å². The Bertz CT molecular complexity index is 1060. The number of aryl methyl sites for hydroxylation is 1. The summed E-state index contributed by atoms with van der Waals surface area (Å²) in [4.78, 5) is 31.4. The summed E-state index contributed by atoms with van der Waals surface area (Å²) in [6.07, 6.45) is 15.3. The first kappa shape index (κ1) is 22.4. The van der Waals surface area contributed by atoms with Crippen LogP contribution in [0.5, 0.6) is 0 Å². The highest BCUT2D eigenvalue weighted by atomic mass is 32.1. The largest absolute Gasteiger partial charge is 0.351 e. The quantitative estimate of drug-likeness (QED) is 0.662. The summed E-state index contributed by atoms with van der Waals surface area (Å²) in [7, 11) is 0. The highest BCUT2D eigenvalue weighted by Gasteiger charge is 2.41. The van der Waals surface area contributed by atoms with Crippen LogP contribution in [0.4, 0.5) is 0 Å². The van der Waals surface area contributed by atoms with Gasteiger partial charge in [-0.15, -0.1) is 11.3 Å². The van der Waals surface area contributed by atoms with Gasteiger partial charge in [0.1, 0.15) is 5.00 Å². The van der Waals surface area contributed by atoms with Crippen molar-refractivity contribution in [2.24, 2.45) is 0 Å². The molecular formula is C27H36N4O2S. The first-order valence-corrected chi connectivity index (χ1v) is 14.2. The van der Waals surface area contributed by atoms with Gasteiger partial charge in [-0.3, -0.25) is 9.59 Å². The molecule has 0 aromatic carbocycles. The van der Waals surface area contributed by atoms with Crippen molar-refractivity contribution < 1.29 is 9.59 Å². The van der Waals surface area contributed by atoms with E-state index < -0.39 is 6.04 Å². The molecule has 34 heavy (non-hydrogen) atoms. The number of carbonyl (C=O) groups excluding carboxylic acids is 2. The predicted octanol–water partition coefficient (Wildman–Crippen LogP) is 4.51. The number of thiophene rings is 1. The Morgan fingerprint density at radius 1 is 1.09 bits per heavy atom.